The summed E-state index contributed by atoms with van der Waals surface area (Å²) in [4.78, 5) is 28.0. The summed E-state index contributed by atoms with van der Waals surface area (Å²) in [7, 11) is 0. The summed E-state index contributed by atoms with van der Waals surface area (Å²) < 4.78 is 0. The fourth-order valence-corrected chi connectivity index (χ4v) is 2.73. The van der Waals surface area contributed by atoms with Crippen LogP contribution in [-0.4, -0.2) is 28.4 Å². The molecule has 19 heavy (non-hydrogen) atoms. The molecule has 0 aliphatic carbocycles. The maximum absolute atomic E-state index is 12.5. The fraction of sp³-hybridized carbons (Fsp3) is 0.600. The summed E-state index contributed by atoms with van der Waals surface area (Å²) in [6, 6.07) is 3.33. The molecule has 1 fully saturated rings. The Balaban J connectivity index is 2.13. The van der Waals surface area contributed by atoms with Gasteiger partial charge in [0.25, 0.3) is 5.91 Å². The molecule has 4 nitrogen and oxygen atoms in total. The molecule has 2 heterocycles. The van der Waals surface area contributed by atoms with Gasteiger partial charge in [0.1, 0.15) is 0 Å². The van der Waals surface area contributed by atoms with Gasteiger partial charge in [-0.1, -0.05) is 20.8 Å². The molecule has 0 unspecified atom stereocenters. The van der Waals surface area contributed by atoms with Crippen molar-refractivity contribution in [1.29, 1.82) is 0 Å². The van der Waals surface area contributed by atoms with Crippen molar-refractivity contribution >= 4 is 5.91 Å². The van der Waals surface area contributed by atoms with Gasteiger partial charge in [0.15, 0.2) is 0 Å². The van der Waals surface area contributed by atoms with Gasteiger partial charge in [-0.2, -0.15) is 0 Å². The van der Waals surface area contributed by atoms with E-state index < -0.39 is 0 Å². The predicted molar refractivity (Wildman–Crippen MR) is 75.2 cm³/mol. The highest BCUT2D eigenvalue weighted by Gasteiger charge is 2.32. The molecule has 104 valence electrons. The maximum atomic E-state index is 12.5. The number of hydrogen-bond donors (Lipinski definition) is 1. The van der Waals surface area contributed by atoms with E-state index in [2.05, 4.69) is 25.8 Å². The van der Waals surface area contributed by atoms with Crippen LogP contribution in [0.15, 0.2) is 23.1 Å². The molecule has 0 saturated carbocycles. The van der Waals surface area contributed by atoms with Gasteiger partial charge in [0.2, 0.25) is 5.56 Å². The van der Waals surface area contributed by atoms with E-state index in [4.69, 9.17) is 0 Å². The summed E-state index contributed by atoms with van der Waals surface area (Å²) in [5.41, 5.74) is 0.614. The number of amides is 1. The van der Waals surface area contributed by atoms with E-state index in [0.29, 0.717) is 11.6 Å². The first-order valence-electron chi connectivity index (χ1n) is 6.86. The third-order valence-electron chi connectivity index (χ3n) is 3.52. The van der Waals surface area contributed by atoms with E-state index in [1.54, 1.807) is 6.07 Å². The maximum Gasteiger partial charge on any atom is 0.255 e. The van der Waals surface area contributed by atoms with E-state index in [0.717, 1.165) is 25.8 Å². The lowest BCUT2D eigenvalue weighted by molar-refractivity contribution is 0.0703. The number of carbonyl (C=O) groups excluding carboxylic acids is 1. The van der Waals surface area contributed by atoms with E-state index in [-0.39, 0.29) is 16.9 Å². The second-order valence-corrected chi connectivity index (χ2v) is 6.50. The molecule has 1 atom stereocenters. The molecule has 1 aromatic heterocycles. The smallest absolute Gasteiger partial charge is 0.255 e. The van der Waals surface area contributed by atoms with Crippen molar-refractivity contribution in [1.82, 2.24) is 9.88 Å². The molecule has 1 aromatic rings. The van der Waals surface area contributed by atoms with E-state index in [1.807, 2.05) is 4.90 Å². The van der Waals surface area contributed by atoms with Crippen LogP contribution in [0.4, 0.5) is 0 Å². The second kappa shape index (κ2) is 5.19. The van der Waals surface area contributed by atoms with Gasteiger partial charge in [0, 0.05) is 24.8 Å². The molecule has 1 saturated heterocycles. The monoisotopic (exact) mass is 262 g/mol. The number of carbonyl (C=O) groups is 1. The third kappa shape index (κ3) is 3.46. The minimum Gasteiger partial charge on any atom is -0.336 e. The van der Waals surface area contributed by atoms with Crippen molar-refractivity contribution < 1.29 is 4.79 Å². The van der Waals surface area contributed by atoms with Crippen LogP contribution in [-0.2, 0) is 0 Å². The van der Waals surface area contributed by atoms with Crippen molar-refractivity contribution in [2.75, 3.05) is 6.54 Å². The number of hydrogen-bond acceptors (Lipinski definition) is 2. The molecule has 1 N–H and O–H groups in total. The molecule has 0 aromatic carbocycles. The molecule has 1 amide bonds. The molecule has 0 radical (unpaired) electrons. The first-order chi connectivity index (χ1) is 8.87. The summed E-state index contributed by atoms with van der Waals surface area (Å²) in [5.74, 6) is 0.0306. The number of nitrogens with zero attached hydrogens (tertiary/aromatic N) is 1. The topological polar surface area (TPSA) is 53.2 Å². The number of aromatic amines is 1. The van der Waals surface area contributed by atoms with Gasteiger partial charge in [0.05, 0.1) is 5.56 Å². The lowest BCUT2D eigenvalue weighted by atomic mass is 9.87. The van der Waals surface area contributed by atoms with Crippen molar-refractivity contribution in [2.24, 2.45) is 5.41 Å². The van der Waals surface area contributed by atoms with E-state index in [9.17, 15) is 9.59 Å². The molecule has 0 bridgehead atoms. The number of likely N-dealkylation sites (tertiary alicyclic amines) is 1. The SMILES string of the molecule is CC(C)(C)C[C@@H]1CCCN1C(=O)c1ccc(=O)[nH]c1. The van der Waals surface area contributed by atoms with Crippen LogP contribution >= 0.6 is 0 Å². The highest BCUT2D eigenvalue weighted by atomic mass is 16.2. The summed E-state index contributed by atoms with van der Waals surface area (Å²) >= 11 is 0. The van der Waals surface area contributed by atoms with Crippen LogP contribution in [0.1, 0.15) is 50.4 Å². The van der Waals surface area contributed by atoms with Crippen molar-refractivity contribution in [2.45, 2.75) is 46.1 Å². The lowest BCUT2D eigenvalue weighted by Gasteiger charge is -2.30. The van der Waals surface area contributed by atoms with Crippen molar-refractivity contribution in [3.63, 3.8) is 0 Å². The fourth-order valence-electron chi connectivity index (χ4n) is 2.73. The first kappa shape index (κ1) is 13.8. The summed E-state index contributed by atoms with van der Waals surface area (Å²) in [5, 5.41) is 0. The first-order valence-corrected chi connectivity index (χ1v) is 6.86. The quantitative estimate of drug-likeness (QED) is 0.890. The Bertz CT molecular complexity index is 493. The Morgan fingerprint density at radius 1 is 1.42 bits per heavy atom. The van der Waals surface area contributed by atoms with Crippen LogP contribution in [0.25, 0.3) is 0 Å². The van der Waals surface area contributed by atoms with Crippen LogP contribution in [0.3, 0.4) is 0 Å². The van der Waals surface area contributed by atoms with Crippen molar-refractivity contribution in [3.8, 4) is 0 Å². The van der Waals surface area contributed by atoms with Crippen LogP contribution in [0, 0.1) is 5.41 Å². The Morgan fingerprint density at radius 3 is 2.74 bits per heavy atom. The van der Waals surface area contributed by atoms with E-state index >= 15 is 0 Å². The van der Waals surface area contributed by atoms with Gasteiger partial charge in [-0.25, -0.2) is 0 Å². The normalized spacial score (nSPS) is 19.7. The number of H-pyrrole nitrogens is 1. The lowest BCUT2D eigenvalue weighted by Crippen LogP contribution is -2.37. The van der Waals surface area contributed by atoms with Gasteiger partial charge in [-0.3, -0.25) is 9.59 Å². The third-order valence-corrected chi connectivity index (χ3v) is 3.52. The van der Waals surface area contributed by atoms with Gasteiger partial charge < -0.3 is 9.88 Å². The zero-order valence-electron chi connectivity index (χ0n) is 11.9. The Labute approximate surface area is 113 Å². The highest BCUT2D eigenvalue weighted by Crippen LogP contribution is 2.30. The molecular formula is C15H22N2O2. The Kier molecular flexibility index (Phi) is 3.78. The summed E-state index contributed by atoms with van der Waals surface area (Å²) in [6.45, 7) is 7.43. The molecule has 0 spiro atoms. The molecule has 1 aliphatic heterocycles. The number of nitrogens with one attached hydrogen (secondary N) is 1. The van der Waals surface area contributed by atoms with Gasteiger partial charge in [-0.05, 0) is 30.7 Å². The Morgan fingerprint density at radius 2 is 2.16 bits per heavy atom. The number of rotatable bonds is 2. The molecule has 2 rings (SSSR count). The highest BCUT2D eigenvalue weighted by molar-refractivity contribution is 5.94. The largest absolute Gasteiger partial charge is 0.336 e. The standard InChI is InChI=1S/C15H22N2O2/c1-15(2,3)9-12-5-4-8-17(12)14(19)11-6-7-13(18)16-10-11/h6-7,10,12H,4-5,8-9H2,1-3H3,(H,16,18)/t12-/m0/s1. The average molecular weight is 262 g/mol. The Hall–Kier alpha value is -1.58. The van der Waals surface area contributed by atoms with E-state index in [1.165, 1.54) is 12.3 Å². The minimum atomic E-state index is -0.177. The zero-order chi connectivity index (χ0) is 14.0. The van der Waals surface area contributed by atoms with Crippen LogP contribution in [0.5, 0.6) is 0 Å². The van der Waals surface area contributed by atoms with Crippen LogP contribution < -0.4 is 5.56 Å². The molecule has 4 heteroatoms. The van der Waals surface area contributed by atoms with Gasteiger partial charge >= 0.3 is 0 Å². The number of pyridine rings is 1. The number of aromatic nitrogens is 1. The average Bonchev–Trinajstić information content (AvgIpc) is 2.75. The van der Waals surface area contributed by atoms with Gasteiger partial charge in [-0.15, -0.1) is 0 Å². The molecular weight excluding hydrogens is 240 g/mol. The van der Waals surface area contributed by atoms with Crippen molar-refractivity contribution in [3.05, 3.63) is 34.2 Å². The second-order valence-electron chi connectivity index (χ2n) is 6.50. The minimum absolute atomic E-state index is 0.0306. The predicted octanol–water partition coefficient (Wildman–Crippen LogP) is 2.42. The summed E-state index contributed by atoms with van der Waals surface area (Å²) in [6.07, 6.45) is 4.67. The van der Waals surface area contributed by atoms with Crippen LogP contribution in [0.2, 0.25) is 0 Å². The zero-order valence-corrected chi connectivity index (χ0v) is 11.9. The molecule has 1 aliphatic rings.